The van der Waals surface area contributed by atoms with Crippen LogP contribution in [-0.4, -0.2) is 58.6 Å². The molecule has 3 rings (SSSR count). The molecule has 0 aliphatic carbocycles. The molecular formula is C20H27N3O3S. The molecule has 0 saturated carbocycles. The molecule has 0 bridgehead atoms. The highest BCUT2D eigenvalue weighted by molar-refractivity contribution is 8.00. The van der Waals surface area contributed by atoms with Gasteiger partial charge in [-0.15, -0.1) is 11.8 Å². The van der Waals surface area contributed by atoms with Gasteiger partial charge in [0.25, 0.3) is 0 Å². The topological polar surface area (TPSA) is 60.9 Å². The number of urea groups is 1. The first kappa shape index (κ1) is 19.7. The molecule has 2 aliphatic rings. The van der Waals surface area contributed by atoms with Gasteiger partial charge >= 0.3 is 6.03 Å². The number of rotatable bonds is 4. The van der Waals surface area contributed by atoms with Crippen LogP contribution in [0.5, 0.6) is 0 Å². The van der Waals surface area contributed by atoms with E-state index in [0.29, 0.717) is 18.3 Å². The number of imide groups is 1. The van der Waals surface area contributed by atoms with Crippen LogP contribution in [0.1, 0.15) is 40.0 Å². The van der Waals surface area contributed by atoms with Gasteiger partial charge in [0.1, 0.15) is 6.54 Å². The average Bonchev–Trinajstić information content (AvgIpc) is 2.82. The van der Waals surface area contributed by atoms with E-state index < -0.39 is 0 Å². The Hall–Kier alpha value is -2.02. The lowest BCUT2D eigenvalue weighted by molar-refractivity contribution is -0.135. The van der Waals surface area contributed by atoms with Crippen molar-refractivity contribution < 1.29 is 14.4 Å². The number of carbonyl (C=O) groups excluding carboxylic acids is 3. The van der Waals surface area contributed by atoms with E-state index in [4.69, 9.17) is 0 Å². The molecule has 2 atom stereocenters. The van der Waals surface area contributed by atoms with E-state index in [1.54, 1.807) is 21.6 Å². The van der Waals surface area contributed by atoms with E-state index in [2.05, 4.69) is 6.92 Å². The van der Waals surface area contributed by atoms with Crippen molar-refractivity contribution in [3.05, 3.63) is 24.3 Å². The highest BCUT2D eigenvalue weighted by Crippen LogP contribution is 2.37. The van der Waals surface area contributed by atoms with Crippen LogP contribution in [0.25, 0.3) is 0 Å². The Labute approximate surface area is 164 Å². The Bertz CT molecular complexity index is 739. The molecule has 1 fully saturated rings. The fourth-order valence-electron chi connectivity index (χ4n) is 3.46. The van der Waals surface area contributed by atoms with Crippen LogP contribution in [0.3, 0.4) is 0 Å². The summed E-state index contributed by atoms with van der Waals surface area (Å²) in [5.74, 6) is -0.469. The standard InChI is InChI=1S/C20H27N3O3S/c1-4-14(2)21-12-10-18(24)23(20(21)26)13-19(25)22-11-9-15(3)27-17-8-6-5-7-16(17)22/h5-8,14-15H,4,9-13H2,1-3H3/t14-,15+/m0/s1. The number of thioether (sulfide) groups is 1. The summed E-state index contributed by atoms with van der Waals surface area (Å²) < 4.78 is 0. The van der Waals surface area contributed by atoms with Crippen LogP contribution in [0.4, 0.5) is 10.5 Å². The third-order valence-corrected chi connectivity index (χ3v) is 6.54. The van der Waals surface area contributed by atoms with Crippen LogP contribution >= 0.6 is 11.8 Å². The highest BCUT2D eigenvalue weighted by Gasteiger charge is 2.36. The molecule has 0 unspecified atom stereocenters. The predicted octanol–water partition coefficient (Wildman–Crippen LogP) is 3.36. The van der Waals surface area contributed by atoms with Crippen molar-refractivity contribution in [2.24, 2.45) is 0 Å². The molecule has 6 nitrogen and oxygen atoms in total. The second-order valence-corrected chi connectivity index (χ2v) is 8.67. The number of carbonyl (C=O) groups is 3. The van der Waals surface area contributed by atoms with Crippen molar-refractivity contribution in [2.75, 3.05) is 24.5 Å². The third kappa shape index (κ3) is 4.13. The lowest BCUT2D eigenvalue weighted by Crippen LogP contribution is -2.57. The highest BCUT2D eigenvalue weighted by atomic mass is 32.2. The van der Waals surface area contributed by atoms with Crippen molar-refractivity contribution in [3.8, 4) is 0 Å². The molecule has 27 heavy (non-hydrogen) atoms. The van der Waals surface area contributed by atoms with Gasteiger partial charge in [-0.2, -0.15) is 0 Å². The first-order valence-electron chi connectivity index (χ1n) is 9.59. The summed E-state index contributed by atoms with van der Waals surface area (Å²) in [5, 5.41) is 0.406. The third-order valence-electron chi connectivity index (χ3n) is 5.30. The summed E-state index contributed by atoms with van der Waals surface area (Å²) in [6.07, 6.45) is 1.95. The van der Waals surface area contributed by atoms with Gasteiger partial charge in [-0.1, -0.05) is 26.0 Å². The van der Waals surface area contributed by atoms with Crippen molar-refractivity contribution >= 4 is 35.3 Å². The van der Waals surface area contributed by atoms with Crippen molar-refractivity contribution in [1.29, 1.82) is 0 Å². The quantitative estimate of drug-likeness (QED) is 0.792. The largest absolute Gasteiger partial charge is 0.327 e. The molecule has 2 heterocycles. The van der Waals surface area contributed by atoms with Crippen molar-refractivity contribution in [3.63, 3.8) is 0 Å². The zero-order chi connectivity index (χ0) is 19.6. The van der Waals surface area contributed by atoms with Crippen LogP contribution in [-0.2, 0) is 9.59 Å². The van der Waals surface area contributed by atoms with Gasteiger partial charge in [0.15, 0.2) is 0 Å². The van der Waals surface area contributed by atoms with Crippen LogP contribution in [0.15, 0.2) is 29.2 Å². The van der Waals surface area contributed by atoms with Gasteiger partial charge in [0.2, 0.25) is 11.8 Å². The Balaban J connectivity index is 1.80. The van der Waals surface area contributed by atoms with Gasteiger partial charge in [0.05, 0.1) is 5.69 Å². The zero-order valence-electron chi connectivity index (χ0n) is 16.2. The minimum absolute atomic E-state index is 0.0550. The number of hydrogen-bond donors (Lipinski definition) is 0. The predicted molar refractivity (Wildman–Crippen MR) is 107 cm³/mol. The molecular weight excluding hydrogens is 362 g/mol. The molecule has 0 spiro atoms. The molecule has 0 aromatic heterocycles. The molecule has 0 N–H and O–H groups in total. The van der Waals surface area contributed by atoms with E-state index >= 15 is 0 Å². The first-order valence-corrected chi connectivity index (χ1v) is 10.5. The molecule has 1 saturated heterocycles. The maximum atomic E-state index is 13.1. The van der Waals surface area contributed by atoms with Crippen molar-refractivity contribution in [1.82, 2.24) is 9.80 Å². The molecule has 1 aromatic carbocycles. The van der Waals surface area contributed by atoms with E-state index in [9.17, 15) is 14.4 Å². The summed E-state index contributed by atoms with van der Waals surface area (Å²) in [6.45, 7) is 6.96. The van der Waals surface area contributed by atoms with Crippen LogP contribution in [0.2, 0.25) is 0 Å². The number of benzene rings is 1. The lowest BCUT2D eigenvalue weighted by Gasteiger charge is -2.37. The van der Waals surface area contributed by atoms with Gasteiger partial charge in [-0.05, 0) is 31.9 Å². The zero-order valence-corrected chi connectivity index (χ0v) is 17.0. The molecule has 2 aliphatic heterocycles. The summed E-state index contributed by atoms with van der Waals surface area (Å²) >= 11 is 1.76. The number of anilines is 1. The first-order chi connectivity index (χ1) is 12.9. The Morgan fingerprint density at radius 2 is 2.00 bits per heavy atom. The molecule has 0 radical (unpaired) electrons. The normalized spacial score (nSPS) is 21.7. The van der Waals surface area contributed by atoms with Crippen LogP contribution in [0, 0.1) is 0 Å². The SMILES string of the molecule is CC[C@H](C)N1CCC(=O)N(CC(=O)N2CC[C@@H](C)Sc3ccccc32)C1=O. The van der Waals surface area contributed by atoms with E-state index in [0.717, 1.165) is 28.3 Å². The number of amides is 4. The van der Waals surface area contributed by atoms with Gasteiger partial charge in [0, 0.05) is 35.7 Å². The molecule has 1 aromatic rings. The molecule has 146 valence electrons. The van der Waals surface area contributed by atoms with E-state index in [-0.39, 0.29) is 36.9 Å². The maximum Gasteiger partial charge on any atom is 0.327 e. The monoisotopic (exact) mass is 389 g/mol. The Kier molecular flexibility index (Phi) is 6.09. The number of fused-ring (bicyclic) bond motifs is 1. The second-order valence-electron chi connectivity index (χ2n) is 7.19. The Morgan fingerprint density at radius 1 is 1.26 bits per heavy atom. The summed E-state index contributed by atoms with van der Waals surface area (Å²) in [7, 11) is 0. The fourth-order valence-corrected chi connectivity index (χ4v) is 4.57. The summed E-state index contributed by atoms with van der Waals surface area (Å²) in [4.78, 5) is 43.8. The van der Waals surface area contributed by atoms with Crippen LogP contribution < -0.4 is 4.90 Å². The van der Waals surface area contributed by atoms with Gasteiger partial charge in [-0.25, -0.2) is 4.79 Å². The smallest absolute Gasteiger partial charge is 0.321 e. The Morgan fingerprint density at radius 3 is 2.74 bits per heavy atom. The second kappa shape index (κ2) is 8.33. The lowest BCUT2D eigenvalue weighted by atomic mass is 10.1. The summed E-state index contributed by atoms with van der Waals surface area (Å²) in [5.41, 5.74) is 0.868. The van der Waals surface area contributed by atoms with E-state index in [1.165, 1.54) is 0 Å². The minimum atomic E-state index is -0.347. The number of hydrogen-bond acceptors (Lipinski definition) is 4. The molecule has 4 amide bonds. The fraction of sp³-hybridized carbons (Fsp3) is 0.550. The minimum Gasteiger partial charge on any atom is -0.321 e. The maximum absolute atomic E-state index is 13.1. The number of nitrogens with zero attached hydrogens (tertiary/aromatic N) is 3. The summed E-state index contributed by atoms with van der Waals surface area (Å²) in [6, 6.07) is 7.54. The van der Waals surface area contributed by atoms with Crippen molar-refractivity contribution in [2.45, 2.75) is 56.2 Å². The van der Waals surface area contributed by atoms with E-state index in [1.807, 2.05) is 38.1 Å². The van der Waals surface area contributed by atoms with Gasteiger partial charge in [-0.3, -0.25) is 14.5 Å². The number of para-hydroxylation sites is 1. The van der Waals surface area contributed by atoms with Gasteiger partial charge < -0.3 is 9.80 Å². The average molecular weight is 390 g/mol. The molecule has 7 heteroatoms.